The molecule has 0 bridgehead atoms. The highest BCUT2D eigenvalue weighted by Gasteiger charge is 2.59. The van der Waals surface area contributed by atoms with Crippen molar-refractivity contribution < 1.29 is 23.5 Å². The zero-order valence-electron chi connectivity index (χ0n) is 18.6. The van der Waals surface area contributed by atoms with Gasteiger partial charge < -0.3 is 18.7 Å². The van der Waals surface area contributed by atoms with E-state index in [1.807, 2.05) is 7.85 Å². The summed E-state index contributed by atoms with van der Waals surface area (Å²) in [5.74, 6) is 0. The summed E-state index contributed by atoms with van der Waals surface area (Å²) in [5.41, 5.74) is -1.36. The van der Waals surface area contributed by atoms with Gasteiger partial charge in [-0.1, -0.05) is 41.5 Å². The molecule has 1 N–H and O–H groups in total. The number of hydrogen-bond donors (Lipinski definition) is 1. The molecular formula is C18H39BO5Si2. The molecule has 0 aromatic heterocycles. The third kappa shape index (κ3) is 4.52. The molecule has 0 radical (unpaired) electrons. The predicted molar refractivity (Wildman–Crippen MR) is 113 cm³/mol. The highest BCUT2D eigenvalue weighted by molar-refractivity contribution is 6.74. The molecule has 26 heavy (non-hydrogen) atoms. The van der Waals surface area contributed by atoms with E-state index in [0.717, 1.165) is 0 Å². The van der Waals surface area contributed by atoms with E-state index in [9.17, 15) is 9.90 Å². The van der Waals surface area contributed by atoms with Crippen LogP contribution in [0.5, 0.6) is 0 Å². The SMILES string of the molecule is B[C@@H]1O[C@@](C=O)(CO)[C@@H](O[Si](C)(C)C(C)(C)C)[C@H]1O[Si](C)(C)C(C)(C)C. The van der Waals surface area contributed by atoms with Gasteiger partial charge in [0.25, 0.3) is 0 Å². The highest BCUT2D eigenvalue weighted by atomic mass is 28.4. The molecule has 1 fully saturated rings. The van der Waals surface area contributed by atoms with Crippen molar-refractivity contribution in [3.8, 4) is 0 Å². The number of carbonyl (C=O) groups is 1. The first kappa shape index (κ1) is 24.0. The number of hydrogen-bond acceptors (Lipinski definition) is 5. The maximum atomic E-state index is 12.0. The number of aldehydes is 1. The van der Waals surface area contributed by atoms with E-state index in [-0.39, 0.29) is 22.2 Å². The Labute approximate surface area is 162 Å². The fourth-order valence-corrected chi connectivity index (χ4v) is 5.27. The predicted octanol–water partition coefficient (Wildman–Crippen LogP) is 2.69. The molecule has 1 aliphatic heterocycles. The number of aliphatic hydroxyl groups excluding tert-OH is 1. The van der Waals surface area contributed by atoms with Gasteiger partial charge in [-0.25, -0.2) is 0 Å². The fraction of sp³-hybridized carbons (Fsp3) is 0.944. The zero-order valence-corrected chi connectivity index (χ0v) is 20.6. The van der Waals surface area contributed by atoms with Crippen molar-refractivity contribution in [3.63, 3.8) is 0 Å². The van der Waals surface area contributed by atoms with Crippen molar-refractivity contribution in [1.29, 1.82) is 0 Å². The van der Waals surface area contributed by atoms with Gasteiger partial charge in [0.1, 0.15) is 14.0 Å². The second kappa shape index (κ2) is 7.44. The Morgan fingerprint density at radius 1 is 1.04 bits per heavy atom. The van der Waals surface area contributed by atoms with Crippen LogP contribution in [0.25, 0.3) is 0 Å². The van der Waals surface area contributed by atoms with Crippen LogP contribution in [0.15, 0.2) is 0 Å². The van der Waals surface area contributed by atoms with E-state index in [2.05, 4.69) is 67.7 Å². The Morgan fingerprint density at radius 3 is 1.81 bits per heavy atom. The fourth-order valence-electron chi connectivity index (χ4n) is 2.60. The van der Waals surface area contributed by atoms with E-state index in [4.69, 9.17) is 13.6 Å². The molecule has 0 aromatic carbocycles. The topological polar surface area (TPSA) is 65.0 Å². The lowest BCUT2D eigenvalue weighted by atomic mass is 9.90. The normalized spacial score (nSPS) is 31.3. The first-order valence-electron chi connectivity index (χ1n) is 9.55. The molecule has 0 aromatic rings. The van der Waals surface area contributed by atoms with Gasteiger partial charge in [-0.2, -0.15) is 0 Å². The molecule has 1 heterocycles. The Morgan fingerprint density at radius 2 is 1.46 bits per heavy atom. The van der Waals surface area contributed by atoms with Crippen molar-refractivity contribution >= 4 is 30.8 Å². The largest absolute Gasteiger partial charge is 0.409 e. The minimum Gasteiger partial charge on any atom is -0.409 e. The summed E-state index contributed by atoms with van der Waals surface area (Å²) >= 11 is 0. The quantitative estimate of drug-likeness (QED) is 0.547. The summed E-state index contributed by atoms with van der Waals surface area (Å²) < 4.78 is 19.2. The second-order valence-corrected chi connectivity index (χ2v) is 20.2. The van der Waals surface area contributed by atoms with Gasteiger partial charge in [-0.05, 0) is 36.3 Å². The van der Waals surface area contributed by atoms with Gasteiger partial charge in [-0.15, -0.1) is 0 Å². The van der Waals surface area contributed by atoms with Crippen LogP contribution >= 0.6 is 0 Å². The lowest BCUT2D eigenvalue weighted by Gasteiger charge is -2.45. The van der Waals surface area contributed by atoms with Crippen molar-refractivity contribution in [1.82, 2.24) is 0 Å². The first-order valence-corrected chi connectivity index (χ1v) is 15.4. The molecule has 0 unspecified atom stereocenters. The molecule has 0 amide bonds. The monoisotopic (exact) mass is 402 g/mol. The third-order valence-corrected chi connectivity index (χ3v) is 15.5. The number of carbonyl (C=O) groups excluding carboxylic acids is 1. The summed E-state index contributed by atoms with van der Waals surface area (Å²) in [6.45, 7) is 21.3. The molecule has 1 aliphatic rings. The number of rotatable bonds is 6. The lowest BCUT2D eigenvalue weighted by Crippen LogP contribution is -2.58. The van der Waals surface area contributed by atoms with Crippen LogP contribution in [0.2, 0.25) is 36.3 Å². The van der Waals surface area contributed by atoms with Crippen molar-refractivity contribution in [2.75, 3.05) is 6.61 Å². The van der Waals surface area contributed by atoms with Gasteiger partial charge in [0.15, 0.2) is 28.5 Å². The average Bonchev–Trinajstić information content (AvgIpc) is 2.69. The average molecular weight is 402 g/mol. The number of aliphatic hydroxyl groups is 1. The standard InChI is InChI=1S/C18H39BO5Si2/c1-16(2,3)25(7,8)23-13-14(24-26(9,10)17(4,5)6)18(11-20,12-21)22-15(13)19/h11,13-15,21H,12,19H2,1-10H3/t13-,14+,15-,18+/m1/s1. The Balaban J connectivity index is 3.32. The van der Waals surface area contributed by atoms with Crippen molar-refractivity contribution in [3.05, 3.63) is 0 Å². The van der Waals surface area contributed by atoms with Gasteiger partial charge in [0.05, 0.1) is 18.7 Å². The molecule has 0 aliphatic carbocycles. The maximum absolute atomic E-state index is 12.0. The molecule has 0 saturated carbocycles. The summed E-state index contributed by atoms with van der Waals surface area (Å²) in [7, 11) is -2.40. The summed E-state index contributed by atoms with van der Waals surface area (Å²) in [6, 6.07) is -0.323. The molecule has 1 saturated heterocycles. The van der Waals surface area contributed by atoms with E-state index >= 15 is 0 Å². The Kier molecular flexibility index (Phi) is 6.88. The van der Waals surface area contributed by atoms with Crippen LogP contribution in [-0.4, -0.2) is 66.3 Å². The second-order valence-electron chi connectivity index (χ2n) is 10.7. The molecule has 152 valence electrons. The number of ether oxygens (including phenoxy) is 1. The van der Waals surface area contributed by atoms with E-state index in [1.54, 1.807) is 0 Å². The van der Waals surface area contributed by atoms with Crippen molar-refractivity contribution in [2.24, 2.45) is 0 Å². The minimum atomic E-state index is -2.20. The van der Waals surface area contributed by atoms with Gasteiger partial charge >= 0.3 is 0 Å². The van der Waals surface area contributed by atoms with Crippen LogP contribution in [0, 0.1) is 0 Å². The molecule has 8 heteroatoms. The van der Waals surface area contributed by atoms with E-state index in [0.29, 0.717) is 6.29 Å². The maximum Gasteiger partial charge on any atom is 0.192 e. The van der Waals surface area contributed by atoms with Crippen LogP contribution in [0.3, 0.4) is 0 Å². The van der Waals surface area contributed by atoms with Crippen molar-refractivity contribution in [2.45, 2.75) is 102 Å². The molecule has 0 spiro atoms. The molecule has 4 atom stereocenters. The van der Waals surface area contributed by atoms with E-state index in [1.165, 1.54) is 0 Å². The van der Waals surface area contributed by atoms with Crippen LogP contribution < -0.4 is 0 Å². The lowest BCUT2D eigenvalue weighted by molar-refractivity contribution is -0.141. The minimum absolute atomic E-state index is 0.0234. The Bertz CT molecular complexity index is 513. The molecular weight excluding hydrogens is 363 g/mol. The first-order chi connectivity index (χ1) is 11.4. The summed E-state index contributed by atoms with van der Waals surface area (Å²) in [5, 5.41) is 10.0. The molecule has 1 rings (SSSR count). The van der Waals surface area contributed by atoms with Gasteiger partial charge in [0, 0.05) is 0 Å². The Hall–Kier alpha value is 0.00870. The molecule has 5 nitrogen and oxygen atoms in total. The summed E-state index contributed by atoms with van der Waals surface area (Å²) in [6.07, 6.45) is -0.270. The summed E-state index contributed by atoms with van der Waals surface area (Å²) in [4.78, 5) is 12.0. The van der Waals surface area contributed by atoms with Crippen LogP contribution in [0.4, 0.5) is 0 Å². The smallest absolute Gasteiger partial charge is 0.192 e. The van der Waals surface area contributed by atoms with Crippen LogP contribution in [-0.2, 0) is 18.4 Å². The van der Waals surface area contributed by atoms with E-state index < -0.39 is 34.9 Å². The van der Waals surface area contributed by atoms with Crippen LogP contribution in [0.1, 0.15) is 41.5 Å². The van der Waals surface area contributed by atoms with Gasteiger partial charge in [-0.3, -0.25) is 4.79 Å². The zero-order chi connectivity index (χ0) is 20.8. The van der Waals surface area contributed by atoms with Gasteiger partial charge in [0.2, 0.25) is 0 Å². The highest BCUT2D eigenvalue weighted by Crippen LogP contribution is 2.45. The third-order valence-electron chi connectivity index (χ3n) is 6.56.